The van der Waals surface area contributed by atoms with Crippen LogP contribution in [0.5, 0.6) is 11.5 Å². The number of benzene rings is 1. The Morgan fingerprint density at radius 3 is 2.62 bits per heavy atom. The van der Waals surface area contributed by atoms with E-state index in [4.69, 9.17) is 9.47 Å². The predicted octanol–water partition coefficient (Wildman–Crippen LogP) is 2.86. The molecular formula is C17H25NO3. The van der Waals surface area contributed by atoms with Crippen LogP contribution in [0.15, 0.2) is 18.2 Å². The first-order valence-electron chi connectivity index (χ1n) is 7.61. The van der Waals surface area contributed by atoms with Gasteiger partial charge in [-0.2, -0.15) is 0 Å². The van der Waals surface area contributed by atoms with Crippen molar-refractivity contribution in [2.45, 2.75) is 20.3 Å². The van der Waals surface area contributed by atoms with Gasteiger partial charge in [-0.3, -0.25) is 9.69 Å². The molecule has 2 rings (SSSR count). The molecule has 1 heterocycles. The van der Waals surface area contributed by atoms with Gasteiger partial charge >= 0.3 is 0 Å². The minimum atomic E-state index is 0.537. The van der Waals surface area contributed by atoms with E-state index < -0.39 is 0 Å². The van der Waals surface area contributed by atoms with Gasteiger partial charge in [-0.1, -0.05) is 19.9 Å². The summed E-state index contributed by atoms with van der Waals surface area (Å²) in [6.07, 6.45) is 2.11. The zero-order chi connectivity index (χ0) is 15.2. The predicted molar refractivity (Wildman–Crippen MR) is 83.3 cm³/mol. The molecule has 0 bridgehead atoms. The standard InChI is InChI=1S/C17H25NO3/c1-13-9-14(2)11-18(10-13)7-8-21-17-15(12-19)5-4-6-16(17)20-3/h4-6,12-14H,7-11H2,1-3H3/t13-,14+. The molecule has 0 aliphatic carbocycles. The zero-order valence-corrected chi connectivity index (χ0v) is 13.2. The number of methoxy groups -OCH3 is 1. The van der Waals surface area contributed by atoms with E-state index in [1.54, 1.807) is 19.2 Å². The van der Waals surface area contributed by atoms with E-state index in [0.29, 0.717) is 23.7 Å². The van der Waals surface area contributed by atoms with Crippen LogP contribution in [0.25, 0.3) is 0 Å². The Bertz CT molecular complexity index is 465. The molecule has 116 valence electrons. The van der Waals surface area contributed by atoms with Crippen LogP contribution in [-0.2, 0) is 0 Å². The summed E-state index contributed by atoms with van der Waals surface area (Å²) in [6.45, 7) is 8.30. The van der Waals surface area contributed by atoms with Crippen molar-refractivity contribution in [3.63, 3.8) is 0 Å². The van der Waals surface area contributed by atoms with Crippen molar-refractivity contribution in [1.82, 2.24) is 4.90 Å². The maximum atomic E-state index is 11.1. The Balaban J connectivity index is 1.92. The first-order valence-corrected chi connectivity index (χ1v) is 7.61. The number of ether oxygens (including phenoxy) is 2. The molecule has 1 fully saturated rings. The van der Waals surface area contributed by atoms with Crippen LogP contribution in [0.1, 0.15) is 30.6 Å². The van der Waals surface area contributed by atoms with Gasteiger partial charge in [-0.25, -0.2) is 0 Å². The van der Waals surface area contributed by atoms with Gasteiger partial charge in [0.1, 0.15) is 6.61 Å². The summed E-state index contributed by atoms with van der Waals surface area (Å²) >= 11 is 0. The summed E-state index contributed by atoms with van der Waals surface area (Å²) in [7, 11) is 1.59. The number of nitrogens with zero attached hydrogens (tertiary/aromatic N) is 1. The first kappa shape index (κ1) is 15.8. The smallest absolute Gasteiger partial charge is 0.171 e. The fraction of sp³-hybridized carbons (Fsp3) is 0.588. The molecule has 1 saturated heterocycles. The molecule has 0 saturated carbocycles. The third-order valence-electron chi connectivity index (χ3n) is 3.95. The highest BCUT2D eigenvalue weighted by molar-refractivity contribution is 5.81. The number of hydrogen-bond acceptors (Lipinski definition) is 4. The molecule has 0 radical (unpaired) electrons. The second-order valence-electron chi connectivity index (χ2n) is 6.05. The van der Waals surface area contributed by atoms with Crippen LogP contribution in [0.4, 0.5) is 0 Å². The molecule has 4 heteroatoms. The van der Waals surface area contributed by atoms with Gasteiger partial charge in [0.25, 0.3) is 0 Å². The lowest BCUT2D eigenvalue weighted by molar-refractivity contribution is 0.110. The normalized spacial score (nSPS) is 22.8. The number of aldehydes is 1. The van der Waals surface area contributed by atoms with Crippen LogP contribution in [0.2, 0.25) is 0 Å². The van der Waals surface area contributed by atoms with Crippen molar-refractivity contribution in [2.75, 3.05) is 33.4 Å². The number of hydrogen-bond donors (Lipinski definition) is 0. The topological polar surface area (TPSA) is 38.8 Å². The summed E-state index contributed by atoms with van der Waals surface area (Å²) in [6, 6.07) is 5.35. The Kier molecular flexibility index (Phi) is 5.62. The summed E-state index contributed by atoms with van der Waals surface area (Å²) in [5.74, 6) is 2.64. The fourth-order valence-corrected chi connectivity index (χ4v) is 3.19. The molecule has 0 spiro atoms. The molecule has 0 aromatic heterocycles. The highest BCUT2D eigenvalue weighted by atomic mass is 16.5. The van der Waals surface area contributed by atoms with E-state index in [0.717, 1.165) is 37.8 Å². The lowest BCUT2D eigenvalue weighted by Gasteiger charge is -2.34. The molecule has 1 aromatic rings. The molecule has 1 aliphatic rings. The summed E-state index contributed by atoms with van der Waals surface area (Å²) in [5.41, 5.74) is 0.537. The van der Waals surface area contributed by atoms with E-state index in [9.17, 15) is 4.79 Å². The average molecular weight is 291 g/mol. The SMILES string of the molecule is COc1cccc(C=O)c1OCCN1C[C@H](C)C[C@H](C)C1. The van der Waals surface area contributed by atoms with E-state index >= 15 is 0 Å². The Labute approximate surface area is 127 Å². The van der Waals surface area contributed by atoms with Crippen LogP contribution in [-0.4, -0.2) is 44.5 Å². The van der Waals surface area contributed by atoms with Gasteiger partial charge in [0.05, 0.1) is 12.7 Å². The number of likely N-dealkylation sites (tertiary alicyclic amines) is 1. The van der Waals surface area contributed by atoms with E-state index in [1.165, 1.54) is 6.42 Å². The molecule has 2 atom stereocenters. The number of para-hydroxylation sites is 1. The lowest BCUT2D eigenvalue weighted by Crippen LogP contribution is -2.40. The van der Waals surface area contributed by atoms with Crippen LogP contribution >= 0.6 is 0 Å². The molecule has 1 aliphatic heterocycles. The van der Waals surface area contributed by atoms with E-state index in [-0.39, 0.29) is 0 Å². The number of rotatable bonds is 6. The number of carbonyl (C=O) groups is 1. The molecule has 4 nitrogen and oxygen atoms in total. The highest BCUT2D eigenvalue weighted by Crippen LogP contribution is 2.30. The highest BCUT2D eigenvalue weighted by Gasteiger charge is 2.21. The average Bonchev–Trinajstić information content (AvgIpc) is 2.46. The summed E-state index contributed by atoms with van der Waals surface area (Å²) < 4.78 is 11.1. The minimum Gasteiger partial charge on any atom is -0.493 e. The Morgan fingerprint density at radius 1 is 1.29 bits per heavy atom. The second kappa shape index (κ2) is 7.46. The van der Waals surface area contributed by atoms with Crippen LogP contribution in [0, 0.1) is 11.8 Å². The van der Waals surface area contributed by atoms with Crippen LogP contribution in [0.3, 0.4) is 0 Å². The van der Waals surface area contributed by atoms with Crippen molar-refractivity contribution in [2.24, 2.45) is 11.8 Å². The number of piperidine rings is 1. The van der Waals surface area contributed by atoms with Crippen molar-refractivity contribution in [3.05, 3.63) is 23.8 Å². The van der Waals surface area contributed by atoms with Gasteiger partial charge in [0.2, 0.25) is 0 Å². The van der Waals surface area contributed by atoms with Gasteiger partial charge in [-0.15, -0.1) is 0 Å². The van der Waals surface area contributed by atoms with Gasteiger partial charge in [0, 0.05) is 19.6 Å². The van der Waals surface area contributed by atoms with Crippen molar-refractivity contribution >= 4 is 6.29 Å². The molecule has 1 aromatic carbocycles. The van der Waals surface area contributed by atoms with Crippen molar-refractivity contribution < 1.29 is 14.3 Å². The summed E-state index contributed by atoms with van der Waals surface area (Å²) in [5, 5.41) is 0. The molecular weight excluding hydrogens is 266 g/mol. The monoisotopic (exact) mass is 291 g/mol. The van der Waals surface area contributed by atoms with Gasteiger partial charge in [0.15, 0.2) is 17.8 Å². The lowest BCUT2D eigenvalue weighted by atomic mass is 9.92. The third kappa shape index (κ3) is 4.21. The van der Waals surface area contributed by atoms with Crippen molar-refractivity contribution in [3.8, 4) is 11.5 Å². The van der Waals surface area contributed by atoms with Gasteiger partial charge < -0.3 is 9.47 Å². The Morgan fingerprint density at radius 2 is 2.00 bits per heavy atom. The third-order valence-corrected chi connectivity index (χ3v) is 3.95. The first-order chi connectivity index (χ1) is 10.1. The maximum Gasteiger partial charge on any atom is 0.171 e. The van der Waals surface area contributed by atoms with Gasteiger partial charge in [-0.05, 0) is 30.4 Å². The number of carbonyl (C=O) groups excluding carboxylic acids is 1. The van der Waals surface area contributed by atoms with Crippen molar-refractivity contribution in [1.29, 1.82) is 0 Å². The van der Waals surface area contributed by atoms with E-state index in [2.05, 4.69) is 18.7 Å². The van der Waals surface area contributed by atoms with Crippen LogP contribution < -0.4 is 9.47 Å². The molecule has 0 amide bonds. The second-order valence-corrected chi connectivity index (χ2v) is 6.05. The quantitative estimate of drug-likeness (QED) is 0.756. The fourth-order valence-electron chi connectivity index (χ4n) is 3.19. The summed E-state index contributed by atoms with van der Waals surface area (Å²) in [4.78, 5) is 13.5. The molecule has 0 unspecified atom stereocenters. The maximum absolute atomic E-state index is 11.1. The molecule has 21 heavy (non-hydrogen) atoms. The van der Waals surface area contributed by atoms with E-state index in [1.807, 2.05) is 6.07 Å². The minimum absolute atomic E-state index is 0.537. The Hall–Kier alpha value is -1.55. The molecule has 0 N–H and O–H groups in total. The largest absolute Gasteiger partial charge is 0.493 e. The zero-order valence-electron chi connectivity index (χ0n) is 13.2.